The molecule has 0 saturated carbocycles. The van der Waals surface area contributed by atoms with Crippen molar-refractivity contribution in [2.24, 2.45) is 12.0 Å². The Labute approximate surface area is 168 Å². The standard InChI is InChI=1S/C16H22FN7O.HI/c1-11-4-5-12(8-13(11)17)15(25)19-6-7-20-16(18-2)21-9-14-22-10-23-24(14)3;/h4-5,8,10H,6-7,9H2,1-3H3,(H,19,25)(H2,18,20,21);1H. The van der Waals surface area contributed by atoms with E-state index in [-0.39, 0.29) is 35.7 Å². The minimum absolute atomic E-state index is 0. The first-order chi connectivity index (χ1) is 12.0. The summed E-state index contributed by atoms with van der Waals surface area (Å²) in [6, 6.07) is 4.42. The van der Waals surface area contributed by atoms with E-state index >= 15 is 0 Å². The summed E-state index contributed by atoms with van der Waals surface area (Å²) in [5.74, 6) is 0.651. The van der Waals surface area contributed by atoms with E-state index in [1.54, 1.807) is 30.8 Å². The summed E-state index contributed by atoms with van der Waals surface area (Å²) in [4.78, 5) is 20.2. The fourth-order valence-corrected chi connectivity index (χ4v) is 2.06. The molecule has 10 heteroatoms. The van der Waals surface area contributed by atoms with Gasteiger partial charge in [0.1, 0.15) is 18.0 Å². The molecule has 0 atom stereocenters. The van der Waals surface area contributed by atoms with Crippen molar-refractivity contribution in [2.75, 3.05) is 20.1 Å². The normalized spacial score (nSPS) is 10.8. The minimum atomic E-state index is -0.390. The minimum Gasteiger partial charge on any atom is -0.355 e. The molecular weight excluding hydrogens is 452 g/mol. The van der Waals surface area contributed by atoms with Gasteiger partial charge in [0.05, 0.1) is 6.54 Å². The van der Waals surface area contributed by atoms with E-state index in [0.29, 0.717) is 36.7 Å². The zero-order chi connectivity index (χ0) is 18.2. The highest BCUT2D eigenvalue weighted by molar-refractivity contribution is 14.0. The Kier molecular flexibility index (Phi) is 8.96. The van der Waals surface area contributed by atoms with Gasteiger partial charge in [0.15, 0.2) is 5.96 Å². The molecule has 0 aliphatic heterocycles. The SMILES string of the molecule is CN=C(NCCNC(=O)c1ccc(C)c(F)c1)NCc1ncnn1C.I. The Hall–Kier alpha value is -2.24. The highest BCUT2D eigenvalue weighted by Gasteiger charge is 2.08. The molecule has 1 amide bonds. The summed E-state index contributed by atoms with van der Waals surface area (Å²) in [5, 5.41) is 12.9. The number of rotatable bonds is 6. The van der Waals surface area contributed by atoms with Crippen LogP contribution >= 0.6 is 24.0 Å². The maximum atomic E-state index is 13.5. The van der Waals surface area contributed by atoms with Crippen LogP contribution in [0.4, 0.5) is 4.39 Å². The largest absolute Gasteiger partial charge is 0.355 e. The molecule has 0 aliphatic carbocycles. The Balaban J connectivity index is 0.00000338. The zero-order valence-electron chi connectivity index (χ0n) is 14.9. The molecule has 0 fully saturated rings. The average Bonchev–Trinajstić information content (AvgIpc) is 3.01. The van der Waals surface area contributed by atoms with Crippen LogP contribution in [-0.4, -0.2) is 46.8 Å². The van der Waals surface area contributed by atoms with Gasteiger partial charge in [-0.25, -0.2) is 9.37 Å². The fourth-order valence-electron chi connectivity index (χ4n) is 2.06. The third-order valence-corrected chi connectivity index (χ3v) is 3.58. The van der Waals surface area contributed by atoms with Crippen molar-refractivity contribution in [3.63, 3.8) is 0 Å². The van der Waals surface area contributed by atoms with Gasteiger partial charge < -0.3 is 16.0 Å². The van der Waals surface area contributed by atoms with Crippen molar-refractivity contribution in [3.8, 4) is 0 Å². The van der Waals surface area contributed by atoms with Crippen molar-refractivity contribution < 1.29 is 9.18 Å². The Bertz CT molecular complexity index is 763. The molecule has 0 bridgehead atoms. The van der Waals surface area contributed by atoms with E-state index in [1.165, 1.54) is 12.4 Å². The molecule has 142 valence electrons. The number of hydrogen-bond acceptors (Lipinski definition) is 4. The van der Waals surface area contributed by atoms with Crippen molar-refractivity contribution in [2.45, 2.75) is 13.5 Å². The summed E-state index contributed by atoms with van der Waals surface area (Å²) in [7, 11) is 3.46. The number of halogens is 2. The topological polar surface area (TPSA) is 96.2 Å². The predicted molar refractivity (Wildman–Crippen MR) is 108 cm³/mol. The molecule has 0 spiro atoms. The lowest BCUT2D eigenvalue weighted by Crippen LogP contribution is -2.41. The number of carbonyl (C=O) groups excluding carboxylic acids is 1. The van der Waals surface area contributed by atoms with E-state index < -0.39 is 0 Å². The van der Waals surface area contributed by atoms with Gasteiger partial charge in [-0.15, -0.1) is 24.0 Å². The van der Waals surface area contributed by atoms with E-state index in [0.717, 1.165) is 5.82 Å². The number of aliphatic imine (C=N–C) groups is 1. The molecule has 0 unspecified atom stereocenters. The number of aromatic nitrogens is 3. The maximum Gasteiger partial charge on any atom is 0.251 e. The van der Waals surface area contributed by atoms with Gasteiger partial charge in [-0.1, -0.05) is 6.07 Å². The summed E-state index contributed by atoms with van der Waals surface area (Å²) in [6.07, 6.45) is 1.48. The van der Waals surface area contributed by atoms with E-state index in [1.807, 2.05) is 7.05 Å². The summed E-state index contributed by atoms with van der Waals surface area (Å²) < 4.78 is 15.1. The third-order valence-electron chi connectivity index (χ3n) is 3.58. The summed E-state index contributed by atoms with van der Waals surface area (Å²) >= 11 is 0. The average molecular weight is 475 g/mol. The number of carbonyl (C=O) groups is 1. The van der Waals surface area contributed by atoms with Gasteiger partial charge in [0.2, 0.25) is 0 Å². The van der Waals surface area contributed by atoms with Crippen LogP contribution in [0.2, 0.25) is 0 Å². The smallest absolute Gasteiger partial charge is 0.251 e. The second-order valence-electron chi connectivity index (χ2n) is 5.37. The van der Waals surface area contributed by atoms with Gasteiger partial charge in [0.25, 0.3) is 5.91 Å². The van der Waals surface area contributed by atoms with Crippen LogP contribution in [0.3, 0.4) is 0 Å². The van der Waals surface area contributed by atoms with Crippen LogP contribution < -0.4 is 16.0 Å². The van der Waals surface area contributed by atoms with Crippen molar-refractivity contribution in [1.82, 2.24) is 30.7 Å². The molecule has 0 saturated heterocycles. The molecule has 0 aliphatic rings. The fraction of sp³-hybridized carbons (Fsp3) is 0.375. The zero-order valence-corrected chi connectivity index (χ0v) is 17.2. The molecule has 8 nitrogen and oxygen atoms in total. The van der Waals surface area contributed by atoms with Gasteiger partial charge in [-0.3, -0.25) is 14.5 Å². The second kappa shape index (κ2) is 10.7. The third kappa shape index (κ3) is 6.24. The number of guanidine groups is 1. The molecule has 2 aromatic rings. The number of nitrogens with zero attached hydrogens (tertiary/aromatic N) is 4. The van der Waals surface area contributed by atoms with Gasteiger partial charge in [-0.05, 0) is 24.6 Å². The van der Waals surface area contributed by atoms with Crippen LogP contribution in [0.1, 0.15) is 21.7 Å². The lowest BCUT2D eigenvalue weighted by molar-refractivity contribution is 0.0954. The molecule has 1 aromatic carbocycles. The molecule has 1 heterocycles. The van der Waals surface area contributed by atoms with Crippen LogP contribution in [0.5, 0.6) is 0 Å². The first-order valence-corrected chi connectivity index (χ1v) is 7.83. The Morgan fingerprint density at radius 3 is 2.62 bits per heavy atom. The molecule has 3 N–H and O–H groups in total. The lowest BCUT2D eigenvalue weighted by atomic mass is 10.1. The first-order valence-electron chi connectivity index (χ1n) is 7.83. The summed E-state index contributed by atoms with van der Waals surface area (Å²) in [6.45, 7) is 2.98. The molecule has 0 radical (unpaired) electrons. The van der Waals surface area contributed by atoms with Gasteiger partial charge in [0, 0.05) is 32.7 Å². The number of aryl methyl sites for hydroxylation is 2. The maximum absolute atomic E-state index is 13.5. The van der Waals surface area contributed by atoms with E-state index in [9.17, 15) is 9.18 Å². The van der Waals surface area contributed by atoms with Gasteiger partial charge >= 0.3 is 0 Å². The molecule has 26 heavy (non-hydrogen) atoms. The van der Waals surface area contributed by atoms with Crippen LogP contribution in [0.25, 0.3) is 0 Å². The Morgan fingerprint density at radius 2 is 2.00 bits per heavy atom. The quantitative estimate of drug-likeness (QED) is 0.251. The van der Waals surface area contributed by atoms with Crippen LogP contribution in [0.15, 0.2) is 29.5 Å². The number of amides is 1. The first kappa shape index (κ1) is 21.8. The molecule has 1 aromatic heterocycles. The molecular formula is C16H23FIN7O. The van der Waals surface area contributed by atoms with E-state index in [4.69, 9.17) is 0 Å². The van der Waals surface area contributed by atoms with Crippen molar-refractivity contribution in [3.05, 3.63) is 47.3 Å². The van der Waals surface area contributed by atoms with Crippen LogP contribution in [-0.2, 0) is 13.6 Å². The number of benzene rings is 1. The van der Waals surface area contributed by atoms with E-state index in [2.05, 4.69) is 31.0 Å². The Morgan fingerprint density at radius 1 is 1.27 bits per heavy atom. The summed E-state index contributed by atoms with van der Waals surface area (Å²) in [5.41, 5.74) is 0.809. The monoisotopic (exact) mass is 475 g/mol. The number of nitrogens with one attached hydrogen (secondary N) is 3. The number of hydrogen-bond donors (Lipinski definition) is 3. The van der Waals surface area contributed by atoms with Crippen molar-refractivity contribution in [1.29, 1.82) is 0 Å². The van der Waals surface area contributed by atoms with Crippen molar-refractivity contribution >= 4 is 35.8 Å². The highest BCUT2D eigenvalue weighted by Crippen LogP contribution is 2.08. The highest BCUT2D eigenvalue weighted by atomic mass is 127. The predicted octanol–water partition coefficient (Wildman–Crippen LogP) is 0.976. The second-order valence-corrected chi connectivity index (χ2v) is 5.37. The molecule has 2 rings (SSSR count). The van der Waals surface area contributed by atoms with Gasteiger partial charge in [-0.2, -0.15) is 5.10 Å². The lowest BCUT2D eigenvalue weighted by Gasteiger charge is -2.12. The van der Waals surface area contributed by atoms with Crippen LogP contribution in [0, 0.1) is 12.7 Å².